The highest BCUT2D eigenvalue weighted by molar-refractivity contribution is 5.33. The average molecular weight is 253 g/mol. The van der Waals surface area contributed by atoms with Gasteiger partial charge in [-0.05, 0) is 49.9 Å². The normalized spacial score (nSPS) is 12.4. The van der Waals surface area contributed by atoms with Gasteiger partial charge in [-0.25, -0.2) is 0 Å². The topological polar surface area (TPSA) is 12.0 Å². The fraction of sp³-hybridized carbons (Fsp3) is 0.333. The van der Waals surface area contributed by atoms with Crippen LogP contribution < -0.4 is 5.32 Å². The molecule has 2 aromatic carbocycles. The lowest BCUT2D eigenvalue weighted by molar-refractivity contribution is 0.573. The van der Waals surface area contributed by atoms with Gasteiger partial charge in [0.15, 0.2) is 0 Å². The third kappa shape index (κ3) is 3.45. The molecule has 0 spiro atoms. The SMILES string of the molecule is Cc1cccc([C@H](C)NCc2cccc(C)c2C)c1. The molecule has 0 heterocycles. The fourth-order valence-electron chi connectivity index (χ4n) is 2.32. The van der Waals surface area contributed by atoms with Crippen LogP contribution in [0, 0.1) is 20.8 Å². The van der Waals surface area contributed by atoms with Gasteiger partial charge >= 0.3 is 0 Å². The van der Waals surface area contributed by atoms with E-state index in [1.165, 1.54) is 27.8 Å². The van der Waals surface area contributed by atoms with Crippen molar-refractivity contribution >= 4 is 0 Å². The first-order valence-electron chi connectivity index (χ1n) is 6.93. The molecule has 1 heteroatoms. The minimum atomic E-state index is 0.375. The van der Waals surface area contributed by atoms with Gasteiger partial charge in [-0.15, -0.1) is 0 Å². The van der Waals surface area contributed by atoms with Gasteiger partial charge in [0.1, 0.15) is 0 Å². The highest BCUT2D eigenvalue weighted by Crippen LogP contribution is 2.17. The Hall–Kier alpha value is -1.60. The smallest absolute Gasteiger partial charge is 0.0295 e. The van der Waals surface area contributed by atoms with Crippen molar-refractivity contribution in [3.05, 3.63) is 70.3 Å². The lowest BCUT2D eigenvalue weighted by Gasteiger charge is -2.16. The summed E-state index contributed by atoms with van der Waals surface area (Å²) in [6.07, 6.45) is 0. The monoisotopic (exact) mass is 253 g/mol. The fourth-order valence-corrected chi connectivity index (χ4v) is 2.32. The number of hydrogen-bond acceptors (Lipinski definition) is 1. The minimum Gasteiger partial charge on any atom is -0.306 e. The summed E-state index contributed by atoms with van der Waals surface area (Å²) < 4.78 is 0. The lowest BCUT2D eigenvalue weighted by atomic mass is 10.0. The molecule has 19 heavy (non-hydrogen) atoms. The van der Waals surface area contributed by atoms with Gasteiger partial charge in [-0.1, -0.05) is 48.0 Å². The summed E-state index contributed by atoms with van der Waals surface area (Å²) in [6, 6.07) is 15.6. The second kappa shape index (κ2) is 6.03. The maximum atomic E-state index is 3.61. The van der Waals surface area contributed by atoms with E-state index >= 15 is 0 Å². The first kappa shape index (κ1) is 13.8. The second-order valence-electron chi connectivity index (χ2n) is 5.38. The Morgan fingerprint density at radius 1 is 1.00 bits per heavy atom. The lowest BCUT2D eigenvalue weighted by Crippen LogP contribution is -2.18. The van der Waals surface area contributed by atoms with E-state index in [1.807, 2.05) is 0 Å². The van der Waals surface area contributed by atoms with Gasteiger partial charge < -0.3 is 5.32 Å². The highest BCUT2D eigenvalue weighted by atomic mass is 14.9. The Labute approximate surface area is 116 Å². The largest absolute Gasteiger partial charge is 0.306 e. The molecule has 2 aromatic rings. The molecule has 0 aromatic heterocycles. The minimum absolute atomic E-state index is 0.375. The summed E-state index contributed by atoms with van der Waals surface area (Å²) >= 11 is 0. The van der Waals surface area contributed by atoms with Crippen molar-refractivity contribution in [2.45, 2.75) is 40.3 Å². The zero-order valence-electron chi connectivity index (χ0n) is 12.3. The van der Waals surface area contributed by atoms with E-state index in [9.17, 15) is 0 Å². The van der Waals surface area contributed by atoms with E-state index in [-0.39, 0.29) is 0 Å². The number of benzene rings is 2. The maximum absolute atomic E-state index is 3.61. The standard InChI is InChI=1S/C18H23N/c1-13-7-5-9-17(11-13)16(4)19-12-18-10-6-8-14(2)15(18)3/h5-11,16,19H,12H2,1-4H3/t16-/m0/s1. The van der Waals surface area contributed by atoms with Crippen molar-refractivity contribution in [3.63, 3.8) is 0 Å². The van der Waals surface area contributed by atoms with Crippen LogP contribution in [0.15, 0.2) is 42.5 Å². The van der Waals surface area contributed by atoms with Gasteiger partial charge in [0.25, 0.3) is 0 Å². The number of hydrogen-bond donors (Lipinski definition) is 1. The van der Waals surface area contributed by atoms with Crippen LogP contribution in [-0.2, 0) is 6.54 Å². The predicted molar refractivity (Wildman–Crippen MR) is 82.3 cm³/mol. The summed E-state index contributed by atoms with van der Waals surface area (Å²) in [6.45, 7) is 9.65. The van der Waals surface area contributed by atoms with E-state index in [0.717, 1.165) is 6.54 Å². The van der Waals surface area contributed by atoms with Gasteiger partial charge in [0, 0.05) is 12.6 Å². The molecule has 0 saturated carbocycles. The summed E-state index contributed by atoms with van der Waals surface area (Å²) in [5, 5.41) is 3.61. The van der Waals surface area contributed by atoms with Crippen LogP contribution in [0.2, 0.25) is 0 Å². The number of nitrogens with one attached hydrogen (secondary N) is 1. The molecule has 2 rings (SSSR count). The summed E-state index contributed by atoms with van der Waals surface area (Å²) in [7, 11) is 0. The van der Waals surface area contributed by atoms with Gasteiger partial charge in [-0.2, -0.15) is 0 Å². The molecule has 0 unspecified atom stereocenters. The Kier molecular flexibility index (Phi) is 4.39. The van der Waals surface area contributed by atoms with Crippen molar-refractivity contribution in [1.82, 2.24) is 5.32 Å². The first-order valence-corrected chi connectivity index (χ1v) is 6.93. The highest BCUT2D eigenvalue weighted by Gasteiger charge is 2.06. The molecular formula is C18H23N. The van der Waals surface area contributed by atoms with Crippen molar-refractivity contribution in [2.75, 3.05) is 0 Å². The van der Waals surface area contributed by atoms with Crippen molar-refractivity contribution in [2.24, 2.45) is 0 Å². The summed E-state index contributed by atoms with van der Waals surface area (Å²) in [5.74, 6) is 0. The molecule has 0 aliphatic carbocycles. The maximum Gasteiger partial charge on any atom is 0.0295 e. The number of rotatable bonds is 4. The molecule has 1 atom stereocenters. The van der Waals surface area contributed by atoms with Crippen LogP contribution in [0.25, 0.3) is 0 Å². The van der Waals surface area contributed by atoms with E-state index in [2.05, 4.69) is 75.5 Å². The molecule has 0 aliphatic heterocycles. The van der Waals surface area contributed by atoms with Crippen molar-refractivity contribution in [3.8, 4) is 0 Å². The van der Waals surface area contributed by atoms with Crippen molar-refractivity contribution < 1.29 is 0 Å². The van der Waals surface area contributed by atoms with Crippen LogP contribution in [0.3, 0.4) is 0 Å². The Morgan fingerprint density at radius 3 is 2.47 bits per heavy atom. The molecule has 1 nitrogen and oxygen atoms in total. The van der Waals surface area contributed by atoms with Crippen LogP contribution in [-0.4, -0.2) is 0 Å². The van der Waals surface area contributed by atoms with Crippen LogP contribution in [0.1, 0.15) is 40.8 Å². The zero-order valence-corrected chi connectivity index (χ0v) is 12.3. The molecule has 0 saturated heterocycles. The quantitative estimate of drug-likeness (QED) is 0.848. The predicted octanol–water partition coefficient (Wildman–Crippen LogP) is 4.46. The van der Waals surface area contributed by atoms with Crippen LogP contribution in [0.4, 0.5) is 0 Å². The third-order valence-electron chi connectivity index (χ3n) is 3.86. The Bertz CT molecular complexity index is 557. The van der Waals surface area contributed by atoms with Crippen LogP contribution >= 0.6 is 0 Å². The van der Waals surface area contributed by atoms with Gasteiger partial charge in [-0.3, -0.25) is 0 Å². The van der Waals surface area contributed by atoms with E-state index in [0.29, 0.717) is 6.04 Å². The zero-order chi connectivity index (χ0) is 13.8. The van der Waals surface area contributed by atoms with Crippen molar-refractivity contribution in [1.29, 1.82) is 0 Å². The Morgan fingerprint density at radius 2 is 1.74 bits per heavy atom. The molecule has 100 valence electrons. The number of aryl methyl sites for hydroxylation is 2. The average Bonchev–Trinajstić information content (AvgIpc) is 2.40. The summed E-state index contributed by atoms with van der Waals surface area (Å²) in [4.78, 5) is 0. The third-order valence-corrected chi connectivity index (χ3v) is 3.86. The molecule has 0 bridgehead atoms. The molecule has 0 aliphatic rings. The van der Waals surface area contributed by atoms with E-state index < -0.39 is 0 Å². The van der Waals surface area contributed by atoms with Crippen LogP contribution in [0.5, 0.6) is 0 Å². The molecular weight excluding hydrogens is 230 g/mol. The molecule has 0 radical (unpaired) electrons. The van der Waals surface area contributed by atoms with E-state index in [1.54, 1.807) is 0 Å². The molecule has 0 amide bonds. The van der Waals surface area contributed by atoms with Gasteiger partial charge in [0.2, 0.25) is 0 Å². The van der Waals surface area contributed by atoms with Gasteiger partial charge in [0.05, 0.1) is 0 Å². The molecule has 1 N–H and O–H groups in total. The molecule has 0 fully saturated rings. The second-order valence-corrected chi connectivity index (χ2v) is 5.38. The summed E-state index contributed by atoms with van der Waals surface area (Å²) in [5.41, 5.74) is 6.82. The first-order chi connectivity index (χ1) is 9.08. The van der Waals surface area contributed by atoms with E-state index in [4.69, 9.17) is 0 Å². The Balaban J connectivity index is 2.04.